The molecule has 0 aromatic heterocycles. The van der Waals surface area contributed by atoms with Gasteiger partial charge in [-0.3, -0.25) is 0 Å². The molecule has 0 saturated carbocycles. The van der Waals surface area contributed by atoms with Gasteiger partial charge in [0.2, 0.25) is 0 Å². The molecule has 2 aliphatic carbocycles. The van der Waals surface area contributed by atoms with Crippen molar-refractivity contribution in [3.63, 3.8) is 0 Å². The summed E-state index contributed by atoms with van der Waals surface area (Å²) in [6.07, 6.45) is 11.6. The Balaban J connectivity index is 2.07. The van der Waals surface area contributed by atoms with Gasteiger partial charge < -0.3 is 0 Å². The first kappa shape index (κ1) is 8.76. The minimum absolute atomic E-state index is 0.886. The van der Waals surface area contributed by atoms with Crippen molar-refractivity contribution >= 4 is 9.52 Å². The molecule has 0 saturated heterocycles. The van der Waals surface area contributed by atoms with Crippen molar-refractivity contribution in [1.82, 2.24) is 0 Å². The van der Waals surface area contributed by atoms with Crippen molar-refractivity contribution in [3.05, 3.63) is 45.8 Å². The number of hydrogen-bond donors (Lipinski definition) is 0. The van der Waals surface area contributed by atoms with E-state index in [4.69, 9.17) is 0 Å². The van der Waals surface area contributed by atoms with Crippen LogP contribution in [-0.2, 0) is 0 Å². The molecule has 66 valence electrons. The first-order valence-electron chi connectivity index (χ1n) is 4.79. The lowest BCUT2D eigenvalue weighted by molar-refractivity contribution is 1.42. The second-order valence-electron chi connectivity index (χ2n) is 3.61. The Morgan fingerprint density at radius 3 is 1.62 bits per heavy atom. The summed E-state index contributed by atoms with van der Waals surface area (Å²) in [5.41, 5.74) is 2.97. The molecule has 0 N–H and O–H groups in total. The average Bonchev–Trinajstić information content (AvgIpc) is 2.65. The highest BCUT2D eigenvalue weighted by atomic mass is 28.2. The molecule has 0 aromatic rings. The maximum absolute atomic E-state index is 2.36. The Bertz CT molecular complexity index is 306. The molecule has 0 fully saturated rings. The highest BCUT2D eigenvalue weighted by Gasteiger charge is 2.12. The SMILES string of the molecule is CC1=CCC=C1[Si]C1=CCC=C1C. The van der Waals surface area contributed by atoms with E-state index in [1.807, 2.05) is 0 Å². The van der Waals surface area contributed by atoms with Gasteiger partial charge in [0.25, 0.3) is 0 Å². The third-order valence-corrected chi connectivity index (χ3v) is 4.35. The fourth-order valence-corrected chi connectivity index (χ4v) is 3.02. The van der Waals surface area contributed by atoms with E-state index in [1.165, 1.54) is 11.1 Å². The lowest BCUT2D eigenvalue weighted by Crippen LogP contribution is -2.00. The maximum Gasteiger partial charge on any atom is 0.121 e. The summed E-state index contributed by atoms with van der Waals surface area (Å²) in [5.74, 6) is 0. The molecule has 0 nitrogen and oxygen atoms in total. The monoisotopic (exact) mass is 186 g/mol. The lowest BCUT2D eigenvalue weighted by Gasteiger charge is -2.05. The van der Waals surface area contributed by atoms with E-state index in [0.717, 1.165) is 22.4 Å². The van der Waals surface area contributed by atoms with Crippen molar-refractivity contribution in [2.75, 3.05) is 0 Å². The summed E-state index contributed by atoms with van der Waals surface area (Å²) >= 11 is 0. The van der Waals surface area contributed by atoms with Crippen LogP contribution in [0.15, 0.2) is 45.8 Å². The maximum atomic E-state index is 2.36. The molecule has 0 atom stereocenters. The number of hydrogen-bond acceptors (Lipinski definition) is 0. The zero-order valence-corrected chi connectivity index (χ0v) is 9.22. The van der Waals surface area contributed by atoms with Gasteiger partial charge in [-0.1, -0.05) is 45.8 Å². The van der Waals surface area contributed by atoms with Gasteiger partial charge in [-0.15, -0.1) is 0 Å². The molecule has 2 aliphatic rings. The Morgan fingerprint density at radius 2 is 1.31 bits per heavy atom. The molecule has 0 heterocycles. The first-order valence-corrected chi connectivity index (χ1v) is 5.79. The standard InChI is InChI=1S/C12H14Si/c1-9-5-3-7-11(9)13-12-8-4-6-10(12)2/h5-8H,3-4H2,1-2H3. The highest BCUT2D eigenvalue weighted by Crippen LogP contribution is 2.24. The predicted octanol–water partition coefficient (Wildman–Crippen LogP) is 3.16. The molecule has 0 unspecified atom stereocenters. The normalized spacial score (nSPS) is 21.1. The fraction of sp³-hybridized carbons (Fsp3) is 0.333. The van der Waals surface area contributed by atoms with Crippen molar-refractivity contribution in [1.29, 1.82) is 0 Å². The van der Waals surface area contributed by atoms with E-state index in [9.17, 15) is 0 Å². The van der Waals surface area contributed by atoms with Crippen LogP contribution in [0.3, 0.4) is 0 Å². The van der Waals surface area contributed by atoms with Gasteiger partial charge in [-0.05, 0) is 26.7 Å². The van der Waals surface area contributed by atoms with Gasteiger partial charge in [-0.25, -0.2) is 0 Å². The molecule has 0 spiro atoms. The van der Waals surface area contributed by atoms with Crippen LogP contribution in [0.1, 0.15) is 26.7 Å². The zero-order valence-electron chi connectivity index (χ0n) is 8.22. The molecule has 0 amide bonds. The van der Waals surface area contributed by atoms with Crippen LogP contribution < -0.4 is 0 Å². The van der Waals surface area contributed by atoms with E-state index in [2.05, 4.69) is 38.2 Å². The van der Waals surface area contributed by atoms with Crippen LogP contribution in [0.2, 0.25) is 0 Å². The van der Waals surface area contributed by atoms with E-state index in [0.29, 0.717) is 0 Å². The van der Waals surface area contributed by atoms with E-state index in [1.54, 1.807) is 10.4 Å². The van der Waals surface area contributed by atoms with E-state index < -0.39 is 0 Å². The molecule has 1 heteroatoms. The van der Waals surface area contributed by atoms with E-state index >= 15 is 0 Å². The van der Waals surface area contributed by atoms with Gasteiger partial charge in [0.15, 0.2) is 0 Å². The van der Waals surface area contributed by atoms with Crippen molar-refractivity contribution in [2.45, 2.75) is 26.7 Å². The van der Waals surface area contributed by atoms with Crippen LogP contribution in [0.5, 0.6) is 0 Å². The average molecular weight is 186 g/mol. The van der Waals surface area contributed by atoms with Crippen LogP contribution in [0, 0.1) is 0 Å². The summed E-state index contributed by atoms with van der Waals surface area (Å²) in [7, 11) is 0.886. The van der Waals surface area contributed by atoms with Crippen molar-refractivity contribution < 1.29 is 0 Å². The zero-order chi connectivity index (χ0) is 9.26. The summed E-state index contributed by atoms with van der Waals surface area (Å²) in [6, 6.07) is 0. The van der Waals surface area contributed by atoms with Gasteiger partial charge >= 0.3 is 0 Å². The van der Waals surface area contributed by atoms with Crippen LogP contribution in [0.4, 0.5) is 0 Å². The third-order valence-electron chi connectivity index (χ3n) is 2.61. The Hall–Kier alpha value is -0.823. The molecule has 0 aromatic carbocycles. The highest BCUT2D eigenvalue weighted by molar-refractivity contribution is 6.56. The van der Waals surface area contributed by atoms with Crippen LogP contribution in [-0.4, -0.2) is 9.52 Å². The second kappa shape index (κ2) is 3.50. The van der Waals surface area contributed by atoms with Gasteiger partial charge in [0.1, 0.15) is 9.52 Å². The lowest BCUT2D eigenvalue weighted by atomic mass is 10.3. The molecule has 0 aliphatic heterocycles. The minimum atomic E-state index is 0.886. The predicted molar refractivity (Wildman–Crippen MR) is 58.7 cm³/mol. The summed E-state index contributed by atoms with van der Waals surface area (Å²) in [5, 5.41) is 3.11. The minimum Gasteiger partial charge on any atom is -0.0813 e. The molecule has 2 radical (unpaired) electrons. The molecular weight excluding hydrogens is 172 g/mol. The Labute approximate surface area is 82.6 Å². The Morgan fingerprint density at radius 1 is 0.846 bits per heavy atom. The van der Waals surface area contributed by atoms with Crippen LogP contribution >= 0.6 is 0 Å². The summed E-state index contributed by atoms with van der Waals surface area (Å²) < 4.78 is 0. The molecule has 2 rings (SSSR count). The smallest absolute Gasteiger partial charge is 0.0813 e. The first-order chi connectivity index (χ1) is 6.27. The molecule has 13 heavy (non-hydrogen) atoms. The second-order valence-corrected chi connectivity index (χ2v) is 4.93. The fourth-order valence-electron chi connectivity index (χ4n) is 1.69. The largest absolute Gasteiger partial charge is 0.121 e. The summed E-state index contributed by atoms with van der Waals surface area (Å²) in [6.45, 7) is 4.45. The third kappa shape index (κ3) is 1.75. The number of allylic oxidation sites excluding steroid dienone is 8. The number of rotatable bonds is 2. The van der Waals surface area contributed by atoms with Crippen molar-refractivity contribution in [3.8, 4) is 0 Å². The van der Waals surface area contributed by atoms with Gasteiger partial charge in [0, 0.05) is 0 Å². The summed E-state index contributed by atoms with van der Waals surface area (Å²) in [4.78, 5) is 0. The Kier molecular flexibility index (Phi) is 2.36. The molecular formula is C12H14Si. The van der Waals surface area contributed by atoms with E-state index in [-0.39, 0.29) is 0 Å². The topological polar surface area (TPSA) is 0 Å². The quantitative estimate of drug-likeness (QED) is 0.581. The van der Waals surface area contributed by atoms with Crippen molar-refractivity contribution in [2.24, 2.45) is 0 Å². The van der Waals surface area contributed by atoms with Gasteiger partial charge in [-0.2, -0.15) is 0 Å². The van der Waals surface area contributed by atoms with Gasteiger partial charge in [0.05, 0.1) is 0 Å². The van der Waals surface area contributed by atoms with Crippen LogP contribution in [0.25, 0.3) is 0 Å². The molecule has 0 bridgehead atoms.